The third-order valence-electron chi connectivity index (χ3n) is 3.01. The Morgan fingerprint density at radius 2 is 2.19 bits per heavy atom. The Hall–Kier alpha value is -1.64. The van der Waals surface area contributed by atoms with Crippen LogP contribution in [0, 0.1) is 23.1 Å². The highest BCUT2D eigenvalue weighted by molar-refractivity contribution is 5.57. The first kappa shape index (κ1) is 17.4. The van der Waals surface area contributed by atoms with Crippen LogP contribution in [0.1, 0.15) is 32.3 Å². The molecule has 1 aromatic carbocycles. The number of benzene rings is 1. The molecule has 0 aliphatic heterocycles. The van der Waals surface area contributed by atoms with E-state index < -0.39 is 11.9 Å². The normalized spacial score (nSPS) is 12.2. The van der Waals surface area contributed by atoms with Gasteiger partial charge in [0, 0.05) is 13.2 Å². The van der Waals surface area contributed by atoms with E-state index >= 15 is 0 Å². The number of nitriles is 1. The molecule has 0 heterocycles. The predicted molar refractivity (Wildman–Crippen MR) is 80.5 cm³/mol. The van der Waals surface area contributed by atoms with Crippen molar-refractivity contribution in [2.45, 2.75) is 32.8 Å². The Kier molecular flexibility index (Phi) is 7.73. The largest absolute Gasteiger partial charge is 0.389 e. The number of anilines is 1. The van der Waals surface area contributed by atoms with Crippen LogP contribution in [0.4, 0.5) is 10.1 Å². The number of aliphatic hydroxyl groups excluding tert-OH is 1. The van der Waals surface area contributed by atoms with E-state index in [0.717, 1.165) is 18.9 Å². The lowest BCUT2D eigenvalue weighted by Gasteiger charge is -2.14. The fourth-order valence-electron chi connectivity index (χ4n) is 1.86. The van der Waals surface area contributed by atoms with Gasteiger partial charge in [-0.3, -0.25) is 0 Å². The third kappa shape index (κ3) is 7.07. The minimum atomic E-state index is -0.666. The molecule has 1 atom stereocenters. The van der Waals surface area contributed by atoms with Gasteiger partial charge in [-0.1, -0.05) is 13.8 Å². The number of hydrogen-bond acceptors (Lipinski definition) is 4. The molecular weight excluding hydrogens is 271 g/mol. The topological polar surface area (TPSA) is 65.3 Å². The molecule has 0 fully saturated rings. The molecule has 0 bridgehead atoms. The highest BCUT2D eigenvalue weighted by atomic mass is 19.1. The maximum Gasteiger partial charge on any atom is 0.124 e. The number of nitrogens with zero attached hydrogens (tertiary/aromatic N) is 1. The molecule has 1 rings (SSSR count). The van der Waals surface area contributed by atoms with Crippen LogP contribution in [-0.4, -0.2) is 31.0 Å². The minimum Gasteiger partial charge on any atom is -0.389 e. The van der Waals surface area contributed by atoms with E-state index in [2.05, 4.69) is 19.2 Å². The molecule has 1 unspecified atom stereocenters. The molecule has 0 aromatic heterocycles. The summed E-state index contributed by atoms with van der Waals surface area (Å²) in [6.07, 6.45) is 1.42. The van der Waals surface area contributed by atoms with Crippen LogP contribution in [0.25, 0.3) is 0 Å². The molecule has 0 saturated carbocycles. The van der Waals surface area contributed by atoms with Crippen LogP contribution >= 0.6 is 0 Å². The van der Waals surface area contributed by atoms with Crippen LogP contribution < -0.4 is 5.32 Å². The summed E-state index contributed by atoms with van der Waals surface area (Å²) in [4.78, 5) is 0. The van der Waals surface area contributed by atoms with Crippen molar-refractivity contribution >= 4 is 5.69 Å². The van der Waals surface area contributed by atoms with Crippen LogP contribution in [0.3, 0.4) is 0 Å². The minimum absolute atomic E-state index is 0.222. The molecule has 0 radical (unpaired) electrons. The van der Waals surface area contributed by atoms with Crippen LogP contribution in [0.5, 0.6) is 0 Å². The second-order valence-electron chi connectivity index (χ2n) is 5.45. The molecule has 116 valence electrons. The second-order valence-corrected chi connectivity index (χ2v) is 5.45. The predicted octanol–water partition coefficient (Wildman–Crippen LogP) is 2.92. The van der Waals surface area contributed by atoms with Crippen molar-refractivity contribution in [2.24, 2.45) is 5.92 Å². The van der Waals surface area contributed by atoms with Gasteiger partial charge in [-0.15, -0.1) is 0 Å². The van der Waals surface area contributed by atoms with E-state index in [1.807, 2.05) is 6.07 Å². The molecule has 0 aliphatic carbocycles. The van der Waals surface area contributed by atoms with Gasteiger partial charge in [0.05, 0.1) is 24.0 Å². The Balaban J connectivity index is 2.27. The van der Waals surface area contributed by atoms with Gasteiger partial charge in [-0.2, -0.15) is 5.26 Å². The van der Waals surface area contributed by atoms with E-state index in [1.54, 1.807) is 0 Å². The molecule has 21 heavy (non-hydrogen) atoms. The summed E-state index contributed by atoms with van der Waals surface area (Å²) in [5.74, 6) is 0.203. The summed E-state index contributed by atoms with van der Waals surface area (Å²) >= 11 is 0. The van der Waals surface area contributed by atoms with E-state index in [9.17, 15) is 9.50 Å². The van der Waals surface area contributed by atoms with Crippen LogP contribution in [0.2, 0.25) is 0 Å². The Bertz CT molecular complexity index is 472. The number of aliphatic hydroxyl groups is 1. The lowest BCUT2D eigenvalue weighted by Crippen LogP contribution is -2.25. The smallest absolute Gasteiger partial charge is 0.124 e. The summed E-state index contributed by atoms with van der Waals surface area (Å²) < 4.78 is 18.4. The average Bonchev–Trinajstić information content (AvgIpc) is 2.45. The summed E-state index contributed by atoms with van der Waals surface area (Å²) in [5, 5.41) is 21.6. The zero-order valence-electron chi connectivity index (χ0n) is 12.6. The second kappa shape index (κ2) is 9.32. The monoisotopic (exact) mass is 294 g/mol. The maximum atomic E-state index is 13.0. The van der Waals surface area contributed by atoms with Crippen LogP contribution in [0.15, 0.2) is 18.2 Å². The zero-order valence-corrected chi connectivity index (χ0v) is 12.6. The quantitative estimate of drug-likeness (QED) is 0.687. The summed E-state index contributed by atoms with van der Waals surface area (Å²) in [6, 6.07) is 5.84. The van der Waals surface area contributed by atoms with E-state index in [0.29, 0.717) is 18.2 Å². The van der Waals surface area contributed by atoms with Gasteiger partial charge in [0.1, 0.15) is 11.9 Å². The number of ether oxygens (including phenoxy) is 1. The van der Waals surface area contributed by atoms with E-state index in [4.69, 9.17) is 10.00 Å². The van der Waals surface area contributed by atoms with Gasteiger partial charge in [-0.05, 0) is 37.0 Å². The molecule has 0 saturated heterocycles. The van der Waals surface area contributed by atoms with Crippen molar-refractivity contribution in [3.63, 3.8) is 0 Å². The van der Waals surface area contributed by atoms with Crippen LogP contribution in [-0.2, 0) is 4.74 Å². The number of halogens is 1. The Morgan fingerprint density at radius 3 is 2.86 bits per heavy atom. The summed E-state index contributed by atoms with van der Waals surface area (Å²) in [5.41, 5.74) is 0.734. The van der Waals surface area contributed by atoms with Crippen molar-refractivity contribution in [3.05, 3.63) is 29.6 Å². The first-order chi connectivity index (χ1) is 10.0. The van der Waals surface area contributed by atoms with Crippen molar-refractivity contribution in [3.8, 4) is 6.07 Å². The highest BCUT2D eigenvalue weighted by Crippen LogP contribution is 2.15. The standard InChI is InChI=1S/C16H23FN2O2/c1-12(2)4-3-7-21-11-15(20)10-19-16-6-5-14(17)8-13(16)9-18/h5-6,8,12,15,19-20H,3-4,7,10-11H2,1-2H3. The van der Waals surface area contributed by atoms with Crippen molar-refractivity contribution in [2.75, 3.05) is 25.1 Å². The molecule has 0 spiro atoms. The lowest BCUT2D eigenvalue weighted by molar-refractivity contribution is 0.0409. The summed E-state index contributed by atoms with van der Waals surface area (Å²) in [7, 11) is 0. The first-order valence-electron chi connectivity index (χ1n) is 7.22. The van der Waals surface area contributed by atoms with Crippen molar-refractivity contribution in [1.82, 2.24) is 0 Å². The SMILES string of the molecule is CC(C)CCCOCC(O)CNc1ccc(F)cc1C#N. The number of nitrogens with one attached hydrogen (secondary N) is 1. The van der Waals surface area contributed by atoms with E-state index in [-0.39, 0.29) is 18.7 Å². The fourth-order valence-corrected chi connectivity index (χ4v) is 1.86. The van der Waals surface area contributed by atoms with Gasteiger partial charge in [0.25, 0.3) is 0 Å². The molecule has 0 amide bonds. The number of rotatable bonds is 9. The molecule has 2 N–H and O–H groups in total. The Labute approximate surface area is 125 Å². The van der Waals surface area contributed by atoms with Crippen molar-refractivity contribution in [1.29, 1.82) is 5.26 Å². The molecular formula is C16H23FN2O2. The van der Waals surface area contributed by atoms with Gasteiger partial charge >= 0.3 is 0 Å². The van der Waals surface area contributed by atoms with Gasteiger partial charge in [-0.25, -0.2) is 4.39 Å². The first-order valence-corrected chi connectivity index (χ1v) is 7.22. The third-order valence-corrected chi connectivity index (χ3v) is 3.01. The average molecular weight is 294 g/mol. The summed E-state index contributed by atoms with van der Waals surface area (Å²) in [6.45, 7) is 5.45. The molecule has 4 nitrogen and oxygen atoms in total. The highest BCUT2D eigenvalue weighted by Gasteiger charge is 2.07. The number of hydrogen-bond donors (Lipinski definition) is 2. The zero-order chi connectivity index (χ0) is 15.7. The molecule has 0 aliphatic rings. The van der Waals surface area contributed by atoms with Gasteiger partial charge < -0.3 is 15.2 Å². The van der Waals surface area contributed by atoms with Gasteiger partial charge in [0.2, 0.25) is 0 Å². The Morgan fingerprint density at radius 1 is 1.43 bits per heavy atom. The van der Waals surface area contributed by atoms with Gasteiger partial charge in [0.15, 0.2) is 0 Å². The molecule has 5 heteroatoms. The lowest BCUT2D eigenvalue weighted by atomic mass is 10.1. The molecule has 1 aromatic rings. The maximum absolute atomic E-state index is 13.0. The fraction of sp³-hybridized carbons (Fsp3) is 0.562. The van der Waals surface area contributed by atoms with E-state index in [1.165, 1.54) is 12.1 Å². The van der Waals surface area contributed by atoms with Crippen molar-refractivity contribution < 1.29 is 14.2 Å².